The Hall–Kier alpha value is -2.49. The number of aliphatic carboxylic acids is 1. The van der Waals surface area contributed by atoms with Crippen LogP contribution in [0.25, 0.3) is 0 Å². The van der Waals surface area contributed by atoms with Crippen molar-refractivity contribution in [3.05, 3.63) is 29.3 Å². The van der Waals surface area contributed by atoms with Crippen molar-refractivity contribution in [1.29, 1.82) is 0 Å². The molecule has 1 unspecified atom stereocenters. The van der Waals surface area contributed by atoms with Crippen LogP contribution in [0, 0.1) is 12.8 Å². The normalized spacial score (nSPS) is 23.6. The first-order valence-corrected chi connectivity index (χ1v) is 12.8. The number of carboxylic acids is 1. The Labute approximate surface area is 210 Å². The molecule has 3 aliphatic heterocycles. The number of hydrogen-bond donors (Lipinski definition) is 1. The van der Waals surface area contributed by atoms with Crippen molar-refractivity contribution in [2.75, 3.05) is 37.6 Å². The number of carbonyl (C=O) groups is 2. The minimum absolute atomic E-state index is 0.0971. The first-order valence-electron chi connectivity index (χ1n) is 12.8. The van der Waals surface area contributed by atoms with E-state index in [9.17, 15) is 27.9 Å². The van der Waals surface area contributed by atoms with Crippen molar-refractivity contribution in [2.24, 2.45) is 5.92 Å². The predicted molar refractivity (Wildman–Crippen MR) is 129 cm³/mol. The Morgan fingerprint density at radius 2 is 1.86 bits per heavy atom. The van der Waals surface area contributed by atoms with Crippen LogP contribution in [0.5, 0.6) is 0 Å². The molecule has 1 aromatic rings. The van der Waals surface area contributed by atoms with Gasteiger partial charge in [-0.1, -0.05) is 12.1 Å². The van der Waals surface area contributed by atoms with E-state index in [2.05, 4.69) is 32.7 Å². The van der Waals surface area contributed by atoms with Gasteiger partial charge in [-0.05, 0) is 76.1 Å². The lowest BCUT2D eigenvalue weighted by Gasteiger charge is -2.45. The summed E-state index contributed by atoms with van der Waals surface area (Å²) in [5, 5.41) is 9.54. The Bertz CT molecular complexity index is 962. The molecule has 2 atom stereocenters. The van der Waals surface area contributed by atoms with Crippen molar-refractivity contribution in [3.63, 3.8) is 0 Å². The predicted octanol–water partition coefficient (Wildman–Crippen LogP) is 4.81. The maximum absolute atomic E-state index is 12.8. The van der Waals surface area contributed by atoms with Gasteiger partial charge in [-0.3, -0.25) is 9.69 Å². The zero-order valence-electron chi connectivity index (χ0n) is 21.0. The highest BCUT2D eigenvalue weighted by molar-refractivity contribution is 5.71. The minimum atomic E-state index is -4.57. The van der Waals surface area contributed by atoms with Crippen LogP contribution >= 0.6 is 0 Å². The fourth-order valence-corrected chi connectivity index (χ4v) is 5.91. The van der Waals surface area contributed by atoms with E-state index in [4.69, 9.17) is 0 Å². The van der Waals surface area contributed by atoms with Gasteiger partial charge < -0.3 is 19.6 Å². The molecule has 3 aliphatic rings. The molecule has 10 heteroatoms. The van der Waals surface area contributed by atoms with Gasteiger partial charge >= 0.3 is 18.2 Å². The number of aryl methyl sites for hydroxylation is 1. The number of amides is 1. The topological polar surface area (TPSA) is 73.3 Å². The molecule has 1 aromatic carbocycles. The number of benzene rings is 1. The molecule has 4 rings (SSSR count). The first-order chi connectivity index (χ1) is 17.0. The van der Waals surface area contributed by atoms with Gasteiger partial charge in [-0.2, -0.15) is 13.2 Å². The molecular weight excluding hydrogens is 475 g/mol. The largest absolute Gasteiger partial charge is 0.481 e. The summed E-state index contributed by atoms with van der Waals surface area (Å²) >= 11 is 0. The third kappa shape index (κ3) is 5.74. The number of rotatable bonds is 5. The highest BCUT2D eigenvalue weighted by atomic mass is 19.4. The lowest BCUT2D eigenvalue weighted by atomic mass is 9.84. The summed E-state index contributed by atoms with van der Waals surface area (Å²) in [7, 11) is 0. The van der Waals surface area contributed by atoms with Gasteiger partial charge in [0.15, 0.2) is 6.10 Å². The summed E-state index contributed by atoms with van der Waals surface area (Å²) in [5.41, 5.74) is 3.28. The Kier molecular flexibility index (Phi) is 7.73. The van der Waals surface area contributed by atoms with Crippen LogP contribution in [0.15, 0.2) is 18.2 Å². The molecule has 1 N–H and O–H groups in total. The van der Waals surface area contributed by atoms with Gasteiger partial charge in [0, 0.05) is 44.0 Å². The van der Waals surface area contributed by atoms with E-state index in [0.717, 1.165) is 62.6 Å². The standard InChI is InChI=1S/C26H36F3N3O4/c1-18-6-7-20(22(15-18)31-11-3-5-21(16-31)23(33)34)17-32-12-4-8-25(32)9-13-30(14-10-25)24(35)36-19(2)26(27,28)29/h6-7,15,19,21H,3-5,8-14,16-17H2,1-2H3,(H,33,34)/t19?,21-/m0/s1. The number of likely N-dealkylation sites (tertiary alicyclic amines) is 2. The highest BCUT2D eigenvalue weighted by Crippen LogP contribution is 2.41. The van der Waals surface area contributed by atoms with E-state index >= 15 is 0 Å². The number of anilines is 1. The molecule has 0 saturated carbocycles. The lowest BCUT2D eigenvalue weighted by molar-refractivity contribution is -0.200. The number of halogens is 3. The molecule has 3 fully saturated rings. The van der Waals surface area contributed by atoms with E-state index in [1.807, 2.05) is 6.92 Å². The van der Waals surface area contributed by atoms with Crippen LogP contribution < -0.4 is 4.90 Å². The zero-order valence-corrected chi connectivity index (χ0v) is 21.0. The number of piperidine rings is 2. The van der Waals surface area contributed by atoms with E-state index in [1.165, 1.54) is 4.90 Å². The maximum atomic E-state index is 12.8. The van der Waals surface area contributed by atoms with E-state index in [-0.39, 0.29) is 11.5 Å². The second kappa shape index (κ2) is 10.5. The highest BCUT2D eigenvalue weighted by Gasteiger charge is 2.45. The Balaban J connectivity index is 1.44. The number of alkyl halides is 3. The third-order valence-electron chi connectivity index (χ3n) is 8.15. The average molecular weight is 512 g/mol. The summed E-state index contributed by atoms with van der Waals surface area (Å²) in [4.78, 5) is 30.0. The quantitative estimate of drug-likeness (QED) is 0.612. The van der Waals surface area contributed by atoms with Crippen LogP contribution in [0.4, 0.5) is 23.7 Å². The number of carboxylic acid groups (broad SMARTS) is 1. The van der Waals surface area contributed by atoms with Crippen LogP contribution in [0.2, 0.25) is 0 Å². The smallest absolute Gasteiger partial charge is 0.425 e. The second-order valence-electron chi connectivity index (χ2n) is 10.6. The molecule has 1 spiro atoms. The third-order valence-corrected chi connectivity index (χ3v) is 8.15. The lowest BCUT2D eigenvalue weighted by Crippen LogP contribution is -2.53. The Morgan fingerprint density at radius 1 is 1.14 bits per heavy atom. The number of ether oxygens (including phenoxy) is 1. The SMILES string of the molecule is Cc1ccc(CN2CCCC23CCN(C(=O)OC(C)C(F)(F)F)CC3)c(N2CCC[C@H](C(=O)O)C2)c1. The van der Waals surface area contributed by atoms with Gasteiger partial charge in [0.05, 0.1) is 5.92 Å². The van der Waals surface area contributed by atoms with Crippen molar-refractivity contribution in [3.8, 4) is 0 Å². The Morgan fingerprint density at radius 3 is 2.53 bits per heavy atom. The van der Waals surface area contributed by atoms with Crippen LogP contribution in [-0.2, 0) is 16.1 Å². The molecule has 0 radical (unpaired) electrons. The summed E-state index contributed by atoms with van der Waals surface area (Å²) in [5.74, 6) is -1.11. The van der Waals surface area contributed by atoms with Gasteiger partial charge in [0.25, 0.3) is 0 Å². The second-order valence-corrected chi connectivity index (χ2v) is 10.6. The van der Waals surface area contributed by atoms with E-state index in [0.29, 0.717) is 38.9 Å². The molecule has 36 heavy (non-hydrogen) atoms. The van der Waals surface area contributed by atoms with Crippen molar-refractivity contribution in [1.82, 2.24) is 9.80 Å². The summed E-state index contributed by atoms with van der Waals surface area (Å²) in [6.45, 7) is 6.60. The van der Waals surface area contributed by atoms with Gasteiger partial charge in [-0.15, -0.1) is 0 Å². The van der Waals surface area contributed by atoms with E-state index < -0.39 is 24.3 Å². The van der Waals surface area contributed by atoms with E-state index in [1.54, 1.807) is 0 Å². The molecule has 1 amide bonds. The van der Waals surface area contributed by atoms with Crippen molar-refractivity contribution < 1.29 is 32.6 Å². The average Bonchev–Trinajstić information content (AvgIpc) is 3.21. The minimum Gasteiger partial charge on any atom is -0.481 e. The van der Waals surface area contributed by atoms with Crippen molar-refractivity contribution in [2.45, 2.75) is 76.7 Å². The molecule has 0 aromatic heterocycles. The molecule has 3 heterocycles. The molecule has 3 saturated heterocycles. The molecule has 0 aliphatic carbocycles. The summed E-state index contributed by atoms with van der Waals surface area (Å²) in [6, 6.07) is 6.36. The van der Waals surface area contributed by atoms with Crippen LogP contribution in [0.3, 0.4) is 0 Å². The fourth-order valence-electron chi connectivity index (χ4n) is 5.91. The van der Waals surface area contributed by atoms with Gasteiger partial charge in [0.2, 0.25) is 0 Å². The molecular formula is C26H36F3N3O4. The molecule has 7 nitrogen and oxygen atoms in total. The fraction of sp³-hybridized carbons (Fsp3) is 0.692. The van der Waals surface area contributed by atoms with Crippen LogP contribution in [-0.4, -0.2) is 77.5 Å². The first kappa shape index (κ1) is 26.6. The summed E-state index contributed by atoms with van der Waals surface area (Å²) in [6.07, 6.45) is -2.66. The van der Waals surface area contributed by atoms with Gasteiger partial charge in [0.1, 0.15) is 0 Å². The number of nitrogens with zero attached hydrogens (tertiary/aromatic N) is 3. The van der Waals surface area contributed by atoms with Crippen LogP contribution in [0.1, 0.15) is 56.6 Å². The number of hydrogen-bond acceptors (Lipinski definition) is 5. The monoisotopic (exact) mass is 511 g/mol. The van der Waals surface area contributed by atoms with Gasteiger partial charge in [-0.25, -0.2) is 4.79 Å². The van der Waals surface area contributed by atoms with Crippen molar-refractivity contribution >= 4 is 17.7 Å². The molecule has 200 valence electrons. The summed E-state index contributed by atoms with van der Waals surface area (Å²) < 4.78 is 43.0. The zero-order chi connectivity index (χ0) is 26.1. The molecule has 0 bridgehead atoms. The maximum Gasteiger partial charge on any atom is 0.425 e. The number of carbonyl (C=O) groups excluding carboxylic acids is 1.